The molecule has 0 saturated heterocycles. The minimum atomic E-state index is 0.0757. The number of carbonyl (C=O) groups excluding carboxylic acids is 1. The Morgan fingerprint density at radius 1 is 1.21 bits per heavy atom. The zero-order chi connectivity index (χ0) is 17.7. The van der Waals surface area contributed by atoms with Gasteiger partial charge in [-0.25, -0.2) is 0 Å². The van der Waals surface area contributed by atoms with Crippen LogP contribution in [0.15, 0.2) is 30.3 Å². The molecule has 0 unspecified atom stereocenters. The molecule has 1 aromatic heterocycles. The lowest BCUT2D eigenvalue weighted by Crippen LogP contribution is -2.35. The summed E-state index contributed by atoms with van der Waals surface area (Å²) < 4.78 is 1.87. The second-order valence-electron chi connectivity index (χ2n) is 6.24. The fourth-order valence-corrected chi connectivity index (χ4v) is 2.83. The number of hydrogen-bond acceptors (Lipinski definition) is 4. The third-order valence-corrected chi connectivity index (χ3v) is 4.00. The van der Waals surface area contributed by atoms with E-state index in [1.807, 2.05) is 75.0 Å². The number of likely N-dealkylation sites (N-methyl/N-ethyl adjacent to an activating group) is 1. The number of aryl methyl sites for hydroxylation is 2. The van der Waals surface area contributed by atoms with Crippen LogP contribution < -0.4 is 10.2 Å². The summed E-state index contributed by atoms with van der Waals surface area (Å²) in [5.74, 6) is 1.14. The maximum Gasteiger partial charge on any atom is 0.236 e. The van der Waals surface area contributed by atoms with E-state index < -0.39 is 0 Å². The van der Waals surface area contributed by atoms with Crippen molar-refractivity contribution in [1.29, 1.82) is 0 Å². The number of rotatable bonds is 7. The van der Waals surface area contributed by atoms with Crippen LogP contribution >= 0.6 is 0 Å². The second-order valence-corrected chi connectivity index (χ2v) is 6.24. The van der Waals surface area contributed by atoms with E-state index in [-0.39, 0.29) is 5.91 Å². The Labute approximate surface area is 144 Å². The summed E-state index contributed by atoms with van der Waals surface area (Å²) in [6.45, 7) is 3.55. The van der Waals surface area contributed by atoms with Gasteiger partial charge in [0.15, 0.2) is 0 Å². The third kappa shape index (κ3) is 4.35. The third-order valence-electron chi connectivity index (χ3n) is 4.00. The predicted octanol–water partition coefficient (Wildman–Crippen LogP) is 1.54. The summed E-state index contributed by atoms with van der Waals surface area (Å²) in [7, 11) is 7.76. The van der Waals surface area contributed by atoms with Crippen LogP contribution in [0.5, 0.6) is 0 Å². The summed E-state index contributed by atoms with van der Waals surface area (Å²) in [4.78, 5) is 16.1. The lowest BCUT2D eigenvalue weighted by molar-refractivity contribution is -0.129. The standard InChI is InChI=1S/C18H27N5O/c1-14-16(18(21(2)3)23(5)20-14)11-19-12-17(24)22(4)13-15-9-7-6-8-10-15/h6-10,19H,11-13H2,1-5H3. The Morgan fingerprint density at radius 2 is 1.88 bits per heavy atom. The summed E-state index contributed by atoms with van der Waals surface area (Å²) in [5, 5.41) is 7.71. The quantitative estimate of drug-likeness (QED) is 0.837. The van der Waals surface area contributed by atoms with Crippen LogP contribution in [0.3, 0.4) is 0 Å². The Bertz CT molecular complexity index is 678. The van der Waals surface area contributed by atoms with E-state index in [4.69, 9.17) is 0 Å². The van der Waals surface area contributed by atoms with Gasteiger partial charge in [-0.15, -0.1) is 0 Å². The van der Waals surface area contributed by atoms with Crippen LogP contribution in [0.1, 0.15) is 16.8 Å². The first-order valence-electron chi connectivity index (χ1n) is 8.08. The van der Waals surface area contributed by atoms with Gasteiger partial charge in [-0.1, -0.05) is 30.3 Å². The predicted molar refractivity (Wildman–Crippen MR) is 96.9 cm³/mol. The van der Waals surface area contributed by atoms with Crippen LogP contribution in [0.25, 0.3) is 0 Å². The first kappa shape index (κ1) is 18.0. The molecular formula is C18H27N5O. The van der Waals surface area contributed by atoms with Gasteiger partial charge >= 0.3 is 0 Å². The maximum absolute atomic E-state index is 12.3. The summed E-state index contributed by atoms with van der Waals surface area (Å²) in [6, 6.07) is 10.0. The molecule has 0 aliphatic carbocycles. The Hall–Kier alpha value is -2.34. The average molecular weight is 329 g/mol. The molecule has 0 atom stereocenters. The summed E-state index contributed by atoms with van der Waals surface area (Å²) >= 11 is 0. The van der Waals surface area contributed by atoms with Crippen molar-refractivity contribution in [2.45, 2.75) is 20.0 Å². The SMILES string of the molecule is Cc1nn(C)c(N(C)C)c1CNCC(=O)N(C)Cc1ccccc1. The van der Waals surface area contributed by atoms with Crippen molar-refractivity contribution in [2.24, 2.45) is 7.05 Å². The first-order chi connectivity index (χ1) is 11.4. The Kier molecular flexibility index (Phi) is 5.98. The molecule has 24 heavy (non-hydrogen) atoms. The lowest BCUT2D eigenvalue weighted by atomic mass is 10.2. The fourth-order valence-electron chi connectivity index (χ4n) is 2.83. The van der Waals surface area contributed by atoms with Gasteiger partial charge in [-0.05, 0) is 12.5 Å². The van der Waals surface area contributed by atoms with Gasteiger partial charge in [0.2, 0.25) is 5.91 Å². The van der Waals surface area contributed by atoms with E-state index >= 15 is 0 Å². The maximum atomic E-state index is 12.3. The highest BCUT2D eigenvalue weighted by Gasteiger charge is 2.15. The van der Waals surface area contributed by atoms with E-state index in [9.17, 15) is 4.79 Å². The average Bonchev–Trinajstić information content (AvgIpc) is 2.82. The van der Waals surface area contributed by atoms with E-state index in [1.165, 1.54) is 0 Å². The molecule has 0 saturated carbocycles. The monoisotopic (exact) mass is 329 g/mol. The highest BCUT2D eigenvalue weighted by molar-refractivity contribution is 5.78. The lowest BCUT2D eigenvalue weighted by Gasteiger charge is -2.18. The summed E-state index contributed by atoms with van der Waals surface area (Å²) in [6.07, 6.45) is 0. The van der Waals surface area contributed by atoms with Crippen LogP contribution in [0.4, 0.5) is 5.82 Å². The molecule has 6 heteroatoms. The number of anilines is 1. The molecule has 2 aromatic rings. The molecule has 1 heterocycles. The van der Waals surface area contributed by atoms with Crippen LogP contribution in [0, 0.1) is 6.92 Å². The van der Waals surface area contributed by atoms with E-state index in [2.05, 4.69) is 10.4 Å². The number of aromatic nitrogens is 2. The van der Waals surface area contributed by atoms with Gasteiger partial charge in [0.25, 0.3) is 0 Å². The van der Waals surface area contributed by atoms with Gasteiger partial charge in [0.05, 0.1) is 12.2 Å². The number of carbonyl (C=O) groups is 1. The number of amides is 1. The Balaban J connectivity index is 1.89. The molecule has 2 rings (SSSR count). The Morgan fingerprint density at radius 3 is 2.50 bits per heavy atom. The molecule has 6 nitrogen and oxygen atoms in total. The van der Waals surface area contributed by atoms with Crippen molar-refractivity contribution in [3.8, 4) is 0 Å². The molecule has 0 aliphatic rings. The van der Waals surface area contributed by atoms with E-state index in [0.29, 0.717) is 19.6 Å². The number of nitrogens with one attached hydrogen (secondary N) is 1. The zero-order valence-corrected chi connectivity index (χ0v) is 15.2. The van der Waals surface area contributed by atoms with Gasteiger partial charge in [-0.2, -0.15) is 5.10 Å². The normalized spacial score (nSPS) is 10.7. The second kappa shape index (κ2) is 7.97. The molecular weight excluding hydrogens is 302 g/mol. The van der Waals surface area contributed by atoms with Crippen molar-refractivity contribution >= 4 is 11.7 Å². The van der Waals surface area contributed by atoms with Crippen LogP contribution in [0.2, 0.25) is 0 Å². The minimum absolute atomic E-state index is 0.0757. The minimum Gasteiger partial charge on any atom is -0.363 e. The van der Waals surface area contributed by atoms with Crippen molar-refractivity contribution in [3.05, 3.63) is 47.2 Å². The molecule has 1 N–H and O–H groups in total. The molecule has 1 amide bonds. The molecule has 0 fully saturated rings. The van der Waals surface area contributed by atoms with Crippen molar-refractivity contribution in [1.82, 2.24) is 20.0 Å². The highest BCUT2D eigenvalue weighted by atomic mass is 16.2. The fraction of sp³-hybridized carbons (Fsp3) is 0.444. The number of hydrogen-bond donors (Lipinski definition) is 1. The van der Waals surface area contributed by atoms with Gasteiger partial charge in [0.1, 0.15) is 5.82 Å². The smallest absolute Gasteiger partial charge is 0.236 e. The number of nitrogens with zero attached hydrogens (tertiary/aromatic N) is 4. The zero-order valence-electron chi connectivity index (χ0n) is 15.2. The first-order valence-corrected chi connectivity index (χ1v) is 8.08. The van der Waals surface area contributed by atoms with Crippen LogP contribution in [-0.2, 0) is 24.9 Å². The van der Waals surface area contributed by atoms with E-state index in [1.54, 1.807) is 4.90 Å². The van der Waals surface area contributed by atoms with Crippen LogP contribution in [-0.4, -0.2) is 48.3 Å². The topological polar surface area (TPSA) is 53.4 Å². The molecule has 0 spiro atoms. The largest absolute Gasteiger partial charge is 0.363 e. The highest BCUT2D eigenvalue weighted by Crippen LogP contribution is 2.20. The van der Waals surface area contributed by atoms with Gasteiger partial charge in [0, 0.05) is 46.8 Å². The summed E-state index contributed by atoms with van der Waals surface area (Å²) in [5.41, 5.74) is 3.24. The van der Waals surface area contributed by atoms with Gasteiger partial charge < -0.3 is 15.1 Å². The molecule has 0 bridgehead atoms. The van der Waals surface area contributed by atoms with Gasteiger partial charge in [-0.3, -0.25) is 9.48 Å². The van der Waals surface area contributed by atoms with Crippen molar-refractivity contribution < 1.29 is 4.79 Å². The molecule has 1 aromatic carbocycles. The molecule has 130 valence electrons. The molecule has 0 aliphatic heterocycles. The molecule has 0 radical (unpaired) electrons. The number of benzene rings is 1. The van der Waals surface area contributed by atoms with E-state index in [0.717, 1.165) is 22.6 Å². The van der Waals surface area contributed by atoms with Crippen molar-refractivity contribution in [2.75, 3.05) is 32.6 Å². The van der Waals surface area contributed by atoms with Crippen molar-refractivity contribution in [3.63, 3.8) is 0 Å².